The first kappa shape index (κ1) is 17.9. The molecule has 1 amide bonds. The van der Waals surface area contributed by atoms with Gasteiger partial charge >= 0.3 is 0 Å². The molecule has 0 fully saturated rings. The van der Waals surface area contributed by atoms with Crippen LogP contribution in [0.5, 0.6) is 0 Å². The Morgan fingerprint density at radius 2 is 2.00 bits per heavy atom. The molecule has 0 aromatic carbocycles. The van der Waals surface area contributed by atoms with Crippen LogP contribution in [0.1, 0.15) is 26.7 Å². The van der Waals surface area contributed by atoms with Crippen molar-refractivity contribution in [3.63, 3.8) is 0 Å². The Balaban J connectivity index is 4.58. The van der Waals surface area contributed by atoms with Gasteiger partial charge in [-0.1, -0.05) is 13.0 Å². The fraction of sp³-hybridized carbons (Fsp3) is 0.667. The Morgan fingerprint density at radius 1 is 1.42 bits per heavy atom. The highest BCUT2D eigenvalue weighted by atomic mass is 32.2. The number of carbonyl (C=O) groups is 1. The summed E-state index contributed by atoms with van der Waals surface area (Å²) in [6.07, 6.45) is 5.08. The van der Waals surface area contributed by atoms with E-state index in [1.54, 1.807) is 34.0 Å². The van der Waals surface area contributed by atoms with Crippen LogP contribution in [0.15, 0.2) is 17.1 Å². The Morgan fingerprint density at radius 3 is 2.42 bits per heavy atom. The topological polar surface area (TPSA) is 86.6 Å². The van der Waals surface area contributed by atoms with Gasteiger partial charge in [-0.3, -0.25) is 4.79 Å². The SMILES string of the molecule is CC=CC(=O)N=CCC[N+](C)(C)C(CC)S(=O)(=O)[O-]. The maximum atomic E-state index is 11.2. The van der Waals surface area contributed by atoms with Crippen LogP contribution >= 0.6 is 0 Å². The Labute approximate surface area is 115 Å². The van der Waals surface area contributed by atoms with Crippen molar-refractivity contribution in [3.8, 4) is 0 Å². The number of nitrogens with zero attached hydrogens (tertiary/aromatic N) is 2. The zero-order valence-electron chi connectivity index (χ0n) is 11.9. The molecule has 0 heterocycles. The molecule has 0 aliphatic heterocycles. The summed E-state index contributed by atoms with van der Waals surface area (Å²) in [4.78, 5) is 14.8. The zero-order chi connectivity index (χ0) is 15.1. The van der Waals surface area contributed by atoms with Gasteiger partial charge in [0.25, 0.3) is 5.91 Å². The third kappa shape index (κ3) is 6.60. The quantitative estimate of drug-likeness (QED) is 0.302. The van der Waals surface area contributed by atoms with Crippen LogP contribution in [0.2, 0.25) is 0 Å². The van der Waals surface area contributed by atoms with Gasteiger partial charge in [0.2, 0.25) is 0 Å². The molecule has 7 heteroatoms. The summed E-state index contributed by atoms with van der Waals surface area (Å²) in [5.41, 5.74) is 0. The highest BCUT2D eigenvalue weighted by Gasteiger charge is 2.31. The second kappa shape index (κ2) is 7.52. The summed E-state index contributed by atoms with van der Waals surface area (Å²) in [7, 11) is -0.964. The van der Waals surface area contributed by atoms with Gasteiger partial charge in [0.05, 0.1) is 20.6 Å². The molecule has 0 aromatic heterocycles. The van der Waals surface area contributed by atoms with Gasteiger partial charge in [0, 0.05) is 25.1 Å². The van der Waals surface area contributed by atoms with Gasteiger partial charge in [0.1, 0.15) is 10.1 Å². The molecule has 1 unspecified atom stereocenters. The van der Waals surface area contributed by atoms with Gasteiger partial charge in [0.15, 0.2) is 5.37 Å². The molecule has 0 aromatic rings. The van der Waals surface area contributed by atoms with Crippen LogP contribution < -0.4 is 0 Å². The van der Waals surface area contributed by atoms with E-state index in [4.69, 9.17) is 0 Å². The van der Waals surface area contributed by atoms with E-state index in [1.807, 2.05) is 0 Å². The van der Waals surface area contributed by atoms with Crippen molar-refractivity contribution in [2.75, 3.05) is 20.6 Å². The number of amides is 1. The Hall–Kier alpha value is -1.05. The molecule has 0 aliphatic rings. The maximum absolute atomic E-state index is 11.2. The first-order valence-electron chi connectivity index (χ1n) is 6.11. The first-order valence-corrected chi connectivity index (χ1v) is 7.58. The lowest BCUT2D eigenvalue weighted by atomic mass is 10.3. The molecule has 0 aliphatic carbocycles. The number of carbonyl (C=O) groups excluding carboxylic acids is 1. The van der Waals surface area contributed by atoms with Crippen molar-refractivity contribution in [2.45, 2.75) is 32.1 Å². The molecular formula is C12H22N2O4S. The largest absolute Gasteiger partial charge is 0.743 e. The molecule has 0 bridgehead atoms. The van der Waals surface area contributed by atoms with E-state index in [1.165, 1.54) is 12.3 Å². The molecule has 0 saturated carbocycles. The summed E-state index contributed by atoms with van der Waals surface area (Å²) in [5.74, 6) is -0.351. The van der Waals surface area contributed by atoms with Crippen molar-refractivity contribution in [1.82, 2.24) is 0 Å². The van der Waals surface area contributed by atoms with E-state index in [9.17, 15) is 17.8 Å². The van der Waals surface area contributed by atoms with Crippen molar-refractivity contribution in [1.29, 1.82) is 0 Å². The molecule has 0 spiro atoms. The summed E-state index contributed by atoms with van der Waals surface area (Å²) in [6, 6.07) is 0. The van der Waals surface area contributed by atoms with E-state index in [0.717, 1.165) is 0 Å². The Kier molecular flexibility index (Phi) is 7.10. The van der Waals surface area contributed by atoms with Crippen LogP contribution in [0.3, 0.4) is 0 Å². The lowest BCUT2D eigenvalue weighted by Gasteiger charge is -2.38. The molecule has 6 nitrogen and oxygen atoms in total. The molecule has 1 atom stereocenters. The van der Waals surface area contributed by atoms with Crippen LogP contribution in [-0.2, 0) is 14.9 Å². The fourth-order valence-electron chi connectivity index (χ4n) is 1.92. The summed E-state index contributed by atoms with van der Waals surface area (Å²) in [6.45, 7) is 3.81. The number of rotatable bonds is 7. The highest BCUT2D eigenvalue weighted by molar-refractivity contribution is 7.86. The number of allylic oxidation sites excluding steroid dienone is 1. The molecule has 110 valence electrons. The number of hydrogen-bond donors (Lipinski definition) is 0. The second-order valence-electron chi connectivity index (χ2n) is 4.80. The first-order chi connectivity index (χ1) is 8.65. The third-order valence-corrected chi connectivity index (χ3v) is 4.39. The van der Waals surface area contributed by atoms with E-state index in [2.05, 4.69) is 4.99 Å². The minimum atomic E-state index is -4.34. The van der Waals surface area contributed by atoms with Crippen LogP contribution in [0.25, 0.3) is 0 Å². The summed E-state index contributed by atoms with van der Waals surface area (Å²) in [5, 5.41) is -0.980. The van der Waals surface area contributed by atoms with Crippen molar-refractivity contribution < 1.29 is 22.2 Å². The van der Waals surface area contributed by atoms with Crippen molar-refractivity contribution in [3.05, 3.63) is 12.2 Å². The van der Waals surface area contributed by atoms with Crippen LogP contribution in [0.4, 0.5) is 0 Å². The van der Waals surface area contributed by atoms with Crippen LogP contribution in [-0.4, -0.2) is 55.6 Å². The number of hydrogen-bond acceptors (Lipinski definition) is 4. The van der Waals surface area contributed by atoms with Crippen molar-refractivity contribution >= 4 is 22.2 Å². The van der Waals surface area contributed by atoms with E-state index < -0.39 is 15.5 Å². The average molecular weight is 290 g/mol. The Bertz CT molecular complexity index is 452. The van der Waals surface area contributed by atoms with Gasteiger partial charge in [-0.05, 0) is 6.92 Å². The lowest BCUT2D eigenvalue weighted by molar-refractivity contribution is -0.901. The van der Waals surface area contributed by atoms with Gasteiger partial charge in [-0.25, -0.2) is 13.4 Å². The molecular weight excluding hydrogens is 268 g/mol. The fourth-order valence-corrected chi connectivity index (χ4v) is 3.14. The second-order valence-corrected chi connectivity index (χ2v) is 6.33. The van der Waals surface area contributed by atoms with E-state index >= 15 is 0 Å². The lowest BCUT2D eigenvalue weighted by Crippen LogP contribution is -2.53. The predicted octanol–water partition coefficient (Wildman–Crippen LogP) is 0.908. The molecule has 0 saturated heterocycles. The third-order valence-electron chi connectivity index (χ3n) is 2.82. The standard InChI is InChI=1S/C12H22N2O4S/c1-5-8-11(15)13-9-7-10-14(3,4)12(6-2)19(16,17)18/h5,8-9,12H,6-7,10H2,1-4H3. The number of aliphatic imine (C=N–C) groups is 1. The molecule has 0 rings (SSSR count). The highest BCUT2D eigenvalue weighted by Crippen LogP contribution is 2.16. The summed E-state index contributed by atoms with van der Waals surface area (Å²) >= 11 is 0. The zero-order valence-corrected chi connectivity index (χ0v) is 12.7. The minimum Gasteiger partial charge on any atom is -0.743 e. The normalized spacial score (nSPS) is 15.2. The minimum absolute atomic E-state index is 0.0617. The molecule has 0 N–H and O–H groups in total. The molecule has 0 radical (unpaired) electrons. The van der Waals surface area contributed by atoms with Gasteiger partial charge in [-0.2, -0.15) is 0 Å². The average Bonchev–Trinajstić information content (AvgIpc) is 2.23. The summed E-state index contributed by atoms with van der Waals surface area (Å²) < 4.78 is 33.6. The predicted molar refractivity (Wildman–Crippen MR) is 73.7 cm³/mol. The maximum Gasteiger partial charge on any atom is 0.269 e. The molecule has 19 heavy (non-hydrogen) atoms. The van der Waals surface area contributed by atoms with Gasteiger partial charge in [-0.15, -0.1) is 0 Å². The van der Waals surface area contributed by atoms with E-state index in [-0.39, 0.29) is 16.8 Å². The van der Waals surface area contributed by atoms with Crippen molar-refractivity contribution in [2.24, 2.45) is 4.99 Å². The van der Waals surface area contributed by atoms with Gasteiger partial charge < -0.3 is 9.04 Å². The van der Waals surface area contributed by atoms with Crippen LogP contribution in [0, 0.1) is 0 Å². The van der Waals surface area contributed by atoms with E-state index in [0.29, 0.717) is 13.0 Å². The monoisotopic (exact) mass is 290 g/mol. The smallest absolute Gasteiger partial charge is 0.269 e. The number of quaternary nitrogens is 1.